The average Bonchev–Trinajstić information content (AvgIpc) is 2.96. The van der Waals surface area contributed by atoms with Crippen LogP contribution < -0.4 is 4.90 Å². The van der Waals surface area contributed by atoms with Gasteiger partial charge in [-0.05, 0) is 35.7 Å². The molecule has 0 atom stereocenters. The Balaban J connectivity index is 2.09. The predicted molar refractivity (Wildman–Crippen MR) is 83.1 cm³/mol. The van der Waals surface area contributed by atoms with Gasteiger partial charge in [0, 0.05) is 5.69 Å². The number of phenolic OH excluding ortho intramolecular Hbond substituents is 1. The van der Waals surface area contributed by atoms with E-state index in [-0.39, 0.29) is 17.4 Å². The van der Waals surface area contributed by atoms with E-state index in [1.54, 1.807) is 0 Å². The summed E-state index contributed by atoms with van der Waals surface area (Å²) in [5.74, 6) is -1.15. The Morgan fingerprint density at radius 3 is 2.48 bits per heavy atom. The van der Waals surface area contributed by atoms with Crippen molar-refractivity contribution < 1.29 is 19.8 Å². The molecule has 0 aliphatic rings. The summed E-state index contributed by atoms with van der Waals surface area (Å²) in [6.07, 6.45) is 0. The quantitative estimate of drug-likeness (QED) is 0.799. The van der Waals surface area contributed by atoms with Crippen LogP contribution in [0.1, 0.15) is 0 Å². The molecule has 0 aliphatic carbocycles. The second-order valence-electron chi connectivity index (χ2n) is 4.11. The number of anilines is 1. The molecule has 7 heteroatoms. The zero-order chi connectivity index (χ0) is 15.2. The fraction of sp³-hybridized carbons (Fsp3) is 0.143. The molecule has 0 unspecified atom stereocenters. The van der Waals surface area contributed by atoms with Gasteiger partial charge in [-0.25, -0.2) is 0 Å². The highest BCUT2D eigenvalue weighted by molar-refractivity contribution is 8.01. The minimum atomic E-state index is -1.09. The lowest BCUT2D eigenvalue weighted by Gasteiger charge is -2.20. The van der Waals surface area contributed by atoms with Gasteiger partial charge < -0.3 is 15.1 Å². The standard InChI is InChI=1S/C14H13NO4S2/c16-11-5-3-10(4-6-11)15(8-13(18)19)12(17)9-21-14-2-1-7-20-14/h1-7,16H,8-9H2,(H,18,19). The lowest BCUT2D eigenvalue weighted by molar-refractivity contribution is -0.136. The number of thiophene rings is 1. The molecule has 1 amide bonds. The first-order valence-electron chi connectivity index (χ1n) is 6.04. The van der Waals surface area contributed by atoms with E-state index >= 15 is 0 Å². The fourth-order valence-corrected chi connectivity index (χ4v) is 3.31. The van der Waals surface area contributed by atoms with Crippen molar-refractivity contribution >= 4 is 40.7 Å². The van der Waals surface area contributed by atoms with E-state index in [2.05, 4.69) is 0 Å². The van der Waals surface area contributed by atoms with E-state index in [1.165, 1.54) is 52.3 Å². The van der Waals surface area contributed by atoms with E-state index in [1.807, 2.05) is 17.5 Å². The van der Waals surface area contributed by atoms with Crippen molar-refractivity contribution in [3.8, 4) is 5.75 Å². The summed E-state index contributed by atoms with van der Waals surface area (Å²) in [6.45, 7) is -0.408. The summed E-state index contributed by atoms with van der Waals surface area (Å²) in [6, 6.07) is 9.68. The number of aliphatic carboxylic acids is 1. The van der Waals surface area contributed by atoms with Crippen LogP contribution in [0.5, 0.6) is 5.75 Å². The summed E-state index contributed by atoms with van der Waals surface area (Å²) >= 11 is 2.90. The molecule has 5 nitrogen and oxygen atoms in total. The largest absolute Gasteiger partial charge is 0.508 e. The van der Waals surface area contributed by atoms with Crippen LogP contribution in [0.4, 0.5) is 5.69 Å². The highest BCUT2D eigenvalue weighted by atomic mass is 32.2. The van der Waals surface area contributed by atoms with E-state index < -0.39 is 12.5 Å². The normalized spacial score (nSPS) is 10.3. The average molecular weight is 323 g/mol. The molecule has 2 N–H and O–H groups in total. The maximum atomic E-state index is 12.2. The van der Waals surface area contributed by atoms with Crippen molar-refractivity contribution in [3.05, 3.63) is 41.8 Å². The van der Waals surface area contributed by atoms with Crippen LogP contribution in [0.3, 0.4) is 0 Å². The Bertz CT molecular complexity index is 610. The zero-order valence-electron chi connectivity index (χ0n) is 10.9. The summed E-state index contributed by atoms with van der Waals surface area (Å²) < 4.78 is 1.00. The lowest BCUT2D eigenvalue weighted by atomic mass is 10.2. The topological polar surface area (TPSA) is 77.8 Å². The smallest absolute Gasteiger partial charge is 0.323 e. The van der Waals surface area contributed by atoms with Gasteiger partial charge >= 0.3 is 5.97 Å². The fourth-order valence-electron chi connectivity index (χ4n) is 1.65. The number of nitrogens with zero attached hydrogens (tertiary/aromatic N) is 1. The van der Waals surface area contributed by atoms with Crippen molar-refractivity contribution in [2.75, 3.05) is 17.2 Å². The molecule has 0 saturated carbocycles. The number of carbonyl (C=O) groups excluding carboxylic acids is 1. The number of carboxylic acid groups (broad SMARTS) is 1. The summed E-state index contributed by atoms with van der Waals surface area (Å²) in [4.78, 5) is 24.4. The SMILES string of the molecule is O=C(O)CN(C(=O)CSc1cccs1)c1ccc(O)cc1. The van der Waals surface area contributed by atoms with Crippen LogP contribution in [-0.4, -0.2) is 34.4 Å². The predicted octanol–water partition coefficient (Wildman–Crippen LogP) is 2.66. The Labute approximate surface area is 129 Å². The first kappa shape index (κ1) is 15.4. The van der Waals surface area contributed by atoms with Crippen LogP contribution in [0.2, 0.25) is 0 Å². The highest BCUT2D eigenvalue weighted by Crippen LogP contribution is 2.25. The molecule has 0 bridgehead atoms. The van der Waals surface area contributed by atoms with Gasteiger partial charge in [0.2, 0.25) is 5.91 Å². The maximum Gasteiger partial charge on any atom is 0.323 e. The molecule has 2 aromatic rings. The lowest BCUT2D eigenvalue weighted by Crippen LogP contribution is -2.36. The number of benzene rings is 1. The number of carbonyl (C=O) groups is 2. The van der Waals surface area contributed by atoms with Gasteiger partial charge in [-0.3, -0.25) is 9.59 Å². The van der Waals surface area contributed by atoms with Gasteiger partial charge in [0.05, 0.1) is 9.96 Å². The molecule has 0 saturated heterocycles. The first-order chi connectivity index (χ1) is 10.1. The van der Waals surface area contributed by atoms with E-state index in [4.69, 9.17) is 5.11 Å². The van der Waals surface area contributed by atoms with Crippen LogP contribution in [0.25, 0.3) is 0 Å². The van der Waals surface area contributed by atoms with Crippen molar-refractivity contribution in [3.63, 3.8) is 0 Å². The summed E-state index contributed by atoms with van der Waals surface area (Å²) in [5.41, 5.74) is 0.451. The van der Waals surface area contributed by atoms with E-state index in [0.29, 0.717) is 5.69 Å². The number of carboxylic acids is 1. The van der Waals surface area contributed by atoms with Crippen molar-refractivity contribution in [1.82, 2.24) is 0 Å². The van der Waals surface area contributed by atoms with Crippen LogP contribution in [0.15, 0.2) is 46.0 Å². The maximum absolute atomic E-state index is 12.2. The number of amides is 1. The number of hydrogen-bond acceptors (Lipinski definition) is 5. The third-order valence-corrected chi connectivity index (χ3v) is 4.70. The minimum Gasteiger partial charge on any atom is -0.508 e. The first-order valence-corrected chi connectivity index (χ1v) is 7.90. The molecule has 0 aliphatic heterocycles. The van der Waals surface area contributed by atoms with Gasteiger partial charge in [-0.15, -0.1) is 23.1 Å². The second-order valence-corrected chi connectivity index (χ2v) is 6.33. The molecule has 1 aromatic heterocycles. The van der Waals surface area contributed by atoms with Crippen molar-refractivity contribution in [1.29, 1.82) is 0 Å². The number of thioether (sulfide) groups is 1. The Morgan fingerprint density at radius 2 is 1.90 bits per heavy atom. The van der Waals surface area contributed by atoms with E-state index in [0.717, 1.165) is 4.21 Å². The highest BCUT2D eigenvalue weighted by Gasteiger charge is 2.19. The molecule has 0 radical (unpaired) electrons. The monoisotopic (exact) mass is 323 g/mol. The molecule has 110 valence electrons. The third kappa shape index (κ3) is 4.51. The second kappa shape index (κ2) is 7.14. The molecular weight excluding hydrogens is 310 g/mol. The summed E-state index contributed by atoms with van der Waals surface area (Å²) in [5, 5.41) is 20.1. The molecule has 0 spiro atoms. The number of aromatic hydroxyl groups is 1. The summed E-state index contributed by atoms with van der Waals surface area (Å²) in [7, 11) is 0. The van der Waals surface area contributed by atoms with Gasteiger partial charge in [0.15, 0.2) is 0 Å². The van der Waals surface area contributed by atoms with Gasteiger partial charge in [0.1, 0.15) is 12.3 Å². The van der Waals surface area contributed by atoms with Crippen LogP contribution in [0, 0.1) is 0 Å². The minimum absolute atomic E-state index is 0.0643. The number of phenols is 1. The van der Waals surface area contributed by atoms with E-state index in [9.17, 15) is 14.7 Å². The zero-order valence-corrected chi connectivity index (χ0v) is 12.6. The molecule has 21 heavy (non-hydrogen) atoms. The molecule has 2 rings (SSSR count). The Hall–Kier alpha value is -1.99. The number of hydrogen-bond donors (Lipinski definition) is 2. The molecular formula is C14H13NO4S2. The van der Waals surface area contributed by atoms with Crippen molar-refractivity contribution in [2.24, 2.45) is 0 Å². The van der Waals surface area contributed by atoms with Gasteiger partial charge in [-0.2, -0.15) is 0 Å². The Morgan fingerprint density at radius 1 is 1.19 bits per heavy atom. The third-order valence-electron chi connectivity index (χ3n) is 2.59. The van der Waals surface area contributed by atoms with Gasteiger partial charge in [-0.1, -0.05) is 6.07 Å². The van der Waals surface area contributed by atoms with Crippen LogP contribution >= 0.6 is 23.1 Å². The molecule has 1 aromatic carbocycles. The Kier molecular flexibility index (Phi) is 5.24. The van der Waals surface area contributed by atoms with Gasteiger partial charge in [0.25, 0.3) is 0 Å². The molecule has 1 heterocycles. The number of rotatable bonds is 6. The molecule has 0 fully saturated rings. The van der Waals surface area contributed by atoms with Crippen molar-refractivity contribution in [2.45, 2.75) is 4.21 Å². The van der Waals surface area contributed by atoms with Crippen LogP contribution in [-0.2, 0) is 9.59 Å².